The molecule has 2 N–H and O–H groups in total. The number of aromatic nitrogens is 6. The molecule has 1 aliphatic rings. The van der Waals surface area contributed by atoms with Gasteiger partial charge in [-0.2, -0.15) is 32.0 Å². The van der Waals surface area contributed by atoms with E-state index in [1.165, 1.54) is 22.8 Å². The van der Waals surface area contributed by atoms with Crippen molar-refractivity contribution in [1.82, 2.24) is 34.0 Å². The minimum atomic E-state index is -4.70. The fraction of sp³-hybridized carbons (Fsp3) is 0.276. The number of aliphatic hydroxyl groups excluding tert-OH is 1. The number of aliphatic hydroxyl groups is 1. The number of fused-ring (bicyclic) bond motifs is 1. The van der Waals surface area contributed by atoms with Crippen LogP contribution in [0.3, 0.4) is 0 Å². The fourth-order valence-corrected chi connectivity index (χ4v) is 5.29. The van der Waals surface area contributed by atoms with Gasteiger partial charge in [-0.25, -0.2) is 18.9 Å². The van der Waals surface area contributed by atoms with Crippen LogP contribution < -0.4 is 5.32 Å². The van der Waals surface area contributed by atoms with E-state index in [-0.39, 0.29) is 17.4 Å². The Balaban J connectivity index is 1.30. The van der Waals surface area contributed by atoms with Crippen molar-refractivity contribution in [2.45, 2.75) is 31.2 Å². The quantitative estimate of drug-likeness (QED) is 0.195. The number of imidazole rings is 2. The number of halogens is 6. The number of hydrogen-bond acceptors (Lipinski definition) is 7. The number of amides is 1. The van der Waals surface area contributed by atoms with E-state index in [9.17, 15) is 36.2 Å². The lowest BCUT2D eigenvalue weighted by Gasteiger charge is -2.34. The zero-order valence-corrected chi connectivity index (χ0v) is 23.2. The third kappa shape index (κ3) is 6.51. The lowest BCUT2D eigenvalue weighted by molar-refractivity contribution is -0.208. The van der Waals surface area contributed by atoms with E-state index in [1.54, 1.807) is 35.5 Å². The van der Waals surface area contributed by atoms with Crippen molar-refractivity contribution in [3.05, 3.63) is 84.3 Å². The molecule has 5 heterocycles. The first-order valence-corrected chi connectivity index (χ1v) is 13.8. The van der Waals surface area contributed by atoms with E-state index in [1.807, 2.05) is 4.57 Å². The second kappa shape index (κ2) is 11.9. The van der Waals surface area contributed by atoms with Crippen LogP contribution in [-0.2, 0) is 0 Å². The van der Waals surface area contributed by atoms with Crippen LogP contribution in [0.5, 0.6) is 0 Å². The number of alkyl halides is 3. The Bertz CT molecular complexity index is 1830. The minimum absolute atomic E-state index is 0.0583. The number of pyridine rings is 1. The molecular weight excluding hydrogens is 606 g/mol. The highest BCUT2D eigenvalue weighted by molar-refractivity contribution is 6.03. The zero-order valence-electron chi connectivity index (χ0n) is 23.2. The molecule has 16 heteroatoms. The molecule has 0 spiro atoms. The molecule has 1 aliphatic heterocycles. The molecule has 234 valence electrons. The van der Waals surface area contributed by atoms with E-state index in [0.717, 1.165) is 12.1 Å². The summed E-state index contributed by atoms with van der Waals surface area (Å²) in [6, 6.07) is 10.4. The van der Waals surface area contributed by atoms with Gasteiger partial charge in [0.25, 0.3) is 5.91 Å². The summed E-state index contributed by atoms with van der Waals surface area (Å²) in [6.45, 7) is 0.101. The summed E-state index contributed by atoms with van der Waals surface area (Å²) in [4.78, 5) is 26.0. The number of benzene rings is 1. The SMILES string of the molecule is O=C(Nc1cn2nc(-c3c(-c4ccc(F)cc4)ncn3C3CCN(C[C@H](O)C(F)(F)F)CC3)ccc2n1)c1cc(F)nc(F)c1. The number of β-amino-alcohol motifs (C(OH)–C–C–N with tert-alkyl or cyclic N) is 1. The molecule has 4 aromatic heterocycles. The van der Waals surface area contributed by atoms with Crippen molar-refractivity contribution >= 4 is 17.4 Å². The van der Waals surface area contributed by atoms with Gasteiger partial charge in [0.15, 0.2) is 17.6 Å². The molecule has 5 aromatic rings. The number of piperidine rings is 1. The Labute approximate surface area is 251 Å². The molecular formula is C29H24F6N8O2. The number of carbonyl (C=O) groups excluding carboxylic acids is 1. The fourth-order valence-electron chi connectivity index (χ4n) is 5.29. The molecule has 0 radical (unpaired) electrons. The number of nitrogens with one attached hydrogen (secondary N) is 1. The molecule has 0 bridgehead atoms. The van der Waals surface area contributed by atoms with E-state index >= 15 is 0 Å². The molecule has 1 atom stereocenters. The topological polar surface area (TPSA) is 113 Å². The van der Waals surface area contributed by atoms with Crippen LogP contribution in [0.2, 0.25) is 0 Å². The Morgan fingerprint density at radius 2 is 1.69 bits per heavy atom. The number of anilines is 1. The predicted octanol–water partition coefficient (Wildman–Crippen LogP) is 4.88. The number of nitrogens with zero attached hydrogens (tertiary/aromatic N) is 7. The second-order valence-electron chi connectivity index (χ2n) is 10.5. The molecule has 1 saturated heterocycles. The monoisotopic (exact) mass is 630 g/mol. The highest BCUT2D eigenvalue weighted by atomic mass is 19.4. The lowest BCUT2D eigenvalue weighted by Crippen LogP contribution is -2.44. The number of hydrogen-bond donors (Lipinski definition) is 2. The second-order valence-corrected chi connectivity index (χ2v) is 10.5. The van der Waals surface area contributed by atoms with Crippen LogP contribution in [-0.4, -0.2) is 77.0 Å². The normalized spacial score (nSPS) is 15.4. The molecule has 0 unspecified atom stereocenters. The van der Waals surface area contributed by atoms with Crippen LogP contribution in [0, 0.1) is 17.7 Å². The maximum Gasteiger partial charge on any atom is 0.415 e. The molecule has 1 fully saturated rings. The Morgan fingerprint density at radius 3 is 2.36 bits per heavy atom. The van der Waals surface area contributed by atoms with Crippen molar-refractivity contribution in [2.24, 2.45) is 0 Å². The van der Waals surface area contributed by atoms with Crippen molar-refractivity contribution in [2.75, 3.05) is 25.0 Å². The zero-order chi connectivity index (χ0) is 31.9. The van der Waals surface area contributed by atoms with Gasteiger partial charge >= 0.3 is 6.18 Å². The molecule has 6 rings (SSSR count). The standard InChI is InChI=1S/C29H24F6N8O2/c30-18-3-1-16(2-4-18)26-27(42(15-36-26)19-7-9-41(10-8-19)13-21(44)29(33,34)35)20-5-6-25-38-24(14-43(25)40-20)39-28(45)17-11-22(31)37-23(32)12-17/h1-6,11-12,14-15,19,21,44H,7-10,13H2,(H,39,45)/t21-/m0/s1. The van der Waals surface area contributed by atoms with E-state index in [0.29, 0.717) is 54.2 Å². The van der Waals surface area contributed by atoms with E-state index in [2.05, 4.69) is 25.4 Å². The Kier molecular flexibility index (Phi) is 8.01. The maximum atomic E-state index is 13.7. The summed E-state index contributed by atoms with van der Waals surface area (Å²) < 4.78 is 82.6. The summed E-state index contributed by atoms with van der Waals surface area (Å²) in [6.07, 6.45) is -3.18. The van der Waals surface area contributed by atoms with Crippen molar-refractivity contribution in [3.63, 3.8) is 0 Å². The van der Waals surface area contributed by atoms with Gasteiger partial charge in [-0.3, -0.25) is 4.79 Å². The summed E-state index contributed by atoms with van der Waals surface area (Å²) in [7, 11) is 0. The van der Waals surface area contributed by atoms with Crippen molar-refractivity contribution < 1.29 is 36.2 Å². The lowest BCUT2D eigenvalue weighted by atomic mass is 10.0. The van der Waals surface area contributed by atoms with Crippen LogP contribution >= 0.6 is 0 Å². The highest BCUT2D eigenvalue weighted by Crippen LogP contribution is 2.36. The highest BCUT2D eigenvalue weighted by Gasteiger charge is 2.39. The van der Waals surface area contributed by atoms with Gasteiger partial charge in [0.1, 0.15) is 11.5 Å². The maximum absolute atomic E-state index is 13.7. The summed E-state index contributed by atoms with van der Waals surface area (Å²) in [5.41, 5.74) is 2.15. The van der Waals surface area contributed by atoms with E-state index < -0.39 is 42.4 Å². The molecule has 1 aromatic carbocycles. The summed E-state index contributed by atoms with van der Waals surface area (Å²) in [5, 5.41) is 16.6. The van der Waals surface area contributed by atoms with Crippen LogP contribution in [0.1, 0.15) is 29.2 Å². The average Bonchev–Trinajstić information content (AvgIpc) is 3.60. The van der Waals surface area contributed by atoms with Gasteiger partial charge in [0, 0.05) is 48.9 Å². The first-order chi connectivity index (χ1) is 21.4. The van der Waals surface area contributed by atoms with Crippen molar-refractivity contribution in [3.8, 4) is 22.6 Å². The first kappa shape index (κ1) is 30.2. The molecule has 45 heavy (non-hydrogen) atoms. The number of rotatable bonds is 7. The number of carbonyl (C=O) groups is 1. The Morgan fingerprint density at radius 1 is 1.00 bits per heavy atom. The first-order valence-electron chi connectivity index (χ1n) is 13.8. The van der Waals surface area contributed by atoms with Crippen LogP contribution in [0.25, 0.3) is 28.3 Å². The Hall–Kier alpha value is -4.83. The average molecular weight is 631 g/mol. The molecule has 0 aliphatic carbocycles. The summed E-state index contributed by atoms with van der Waals surface area (Å²) in [5.74, 6) is -3.50. The third-order valence-electron chi connectivity index (χ3n) is 7.50. The number of likely N-dealkylation sites (tertiary alicyclic amines) is 1. The van der Waals surface area contributed by atoms with Gasteiger partial charge < -0.3 is 19.9 Å². The minimum Gasteiger partial charge on any atom is -0.382 e. The van der Waals surface area contributed by atoms with E-state index in [4.69, 9.17) is 0 Å². The molecule has 10 nitrogen and oxygen atoms in total. The van der Waals surface area contributed by atoms with Gasteiger partial charge in [-0.05, 0) is 49.2 Å². The smallest absolute Gasteiger partial charge is 0.382 e. The third-order valence-corrected chi connectivity index (χ3v) is 7.50. The molecule has 0 saturated carbocycles. The van der Waals surface area contributed by atoms with Gasteiger partial charge in [0.2, 0.25) is 11.9 Å². The van der Waals surface area contributed by atoms with Crippen LogP contribution in [0.15, 0.2) is 61.1 Å². The van der Waals surface area contributed by atoms with Gasteiger partial charge in [-0.1, -0.05) is 0 Å². The molecule has 1 amide bonds. The van der Waals surface area contributed by atoms with Crippen molar-refractivity contribution in [1.29, 1.82) is 0 Å². The van der Waals surface area contributed by atoms with Gasteiger partial charge in [-0.15, -0.1) is 0 Å². The summed E-state index contributed by atoms with van der Waals surface area (Å²) >= 11 is 0. The largest absolute Gasteiger partial charge is 0.415 e. The van der Waals surface area contributed by atoms with Crippen LogP contribution in [0.4, 0.5) is 32.2 Å². The predicted molar refractivity (Wildman–Crippen MR) is 148 cm³/mol. The van der Waals surface area contributed by atoms with Gasteiger partial charge in [0.05, 0.1) is 23.9 Å².